The van der Waals surface area contributed by atoms with Gasteiger partial charge in [0.25, 0.3) is 0 Å². The Morgan fingerprint density at radius 2 is 2.26 bits per heavy atom. The SMILES string of the molecule is C[C@@H](O)[C@H]1O[C@@H](n2cnc3cnc(N)nc32)C(Cl)(C#CCl)C1O. The number of imidazole rings is 1. The van der Waals surface area contributed by atoms with Crippen LogP contribution in [0.25, 0.3) is 11.2 Å². The third-order valence-corrected chi connectivity index (χ3v) is 4.29. The summed E-state index contributed by atoms with van der Waals surface area (Å²) in [5.74, 6) is 2.59. The van der Waals surface area contributed by atoms with Gasteiger partial charge in [-0.15, -0.1) is 0 Å². The van der Waals surface area contributed by atoms with Crippen LogP contribution in [0.3, 0.4) is 0 Å². The molecular formula is C13H13Cl2N5O3. The van der Waals surface area contributed by atoms with Gasteiger partial charge in [0.15, 0.2) is 16.7 Å². The van der Waals surface area contributed by atoms with Crippen LogP contribution in [0.1, 0.15) is 13.2 Å². The molecule has 0 amide bonds. The van der Waals surface area contributed by atoms with Crippen molar-refractivity contribution in [1.29, 1.82) is 0 Å². The highest BCUT2D eigenvalue weighted by molar-refractivity contribution is 6.32. The summed E-state index contributed by atoms with van der Waals surface area (Å²) in [6.07, 6.45) is -1.31. The first-order valence-electron chi connectivity index (χ1n) is 6.67. The Morgan fingerprint density at radius 3 is 2.91 bits per heavy atom. The number of rotatable bonds is 2. The summed E-state index contributed by atoms with van der Waals surface area (Å²) in [6.45, 7) is 1.48. The number of hydrogen-bond acceptors (Lipinski definition) is 7. The number of nitrogens with two attached hydrogens (primary N) is 1. The molecule has 1 fully saturated rings. The van der Waals surface area contributed by atoms with E-state index in [1.54, 1.807) is 0 Å². The Kier molecular flexibility index (Phi) is 4.08. The standard InChI is InChI=1S/C13H13Cl2N5O3/c1-6(21)8-9(22)13(15,2-3-14)11(23-8)20-5-18-7-4-17-12(16)19-10(7)20/h4-6,8-9,11,21-22H,1H3,(H2,16,17,19)/t6-,8-,9?,11-,13?/m1/s1. The quantitative estimate of drug-likeness (QED) is 0.519. The monoisotopic (exact) mass is 357 g/mol. The summed E-state index contributed by atoms with van der Waals surface area (Å²) >= 11 is 12.0. The molecule has 0 spiro atoms. The molecule has 1 aliphatic heterocycles. The smallest absolute Gasteiger partial charge is 0.222 e. The van der Waals surface area contributed by atoms with E-state index in [-0.39, 0.29) is 5.95 Å². The molecule has 1 saturated heterocycles. The lowest BCUT2D eigenvalue weighted by Crippen LogP contribution is -2.43. The van der Waals surface area contributed by atoms with Gasteiger partial charge in [-0.2, -0.15) is 4.98 Å². The molecule has 8 nitrogen and oxygen atoms in total. The second-order valence-corrected chi connectivity index (χ2v) is 6.03. The maximum absolute atomic E-state index is 10.4. The summed E-state index contributed by atoms with van der Waals surface area (Å²) in [6, 6.07) is 0. The average molecular weight is 358 g/mol. The van der Waals surface area contributed by atoms with E-state index < -0.39 is 29.4 Å². The van der Waals surface area contributed by atoms with E-state index in [1.165, 1.54) is 24.0 Å². The molecule has 4 N–H and O–H groups in total. The maximum Gasteiger partial charge on any atom is 0.222 e. The number of hydrogen-bond donors (Lipinski definition) is 3. The number of aliphatic hydroxyl groups excluding tert-OH is 2. The molecule has 0 bridgehead atoms. The number of nitrogens with zero attached hydrogens (tertiary/aromatic N) is 4. The molecule has 1 aliphatic rings. The molecule has 10 heteroatoms. The first-order chi connectivity index (χ1) is 10.9. The highest BCUT2D eigenvalue weighted by Gasteiger charge is 2.57. The third kappa shape index (κ3) is 2.51. The highest BCUT2D eigenvalue weighted by Crippen LogP contribution is 2.45. The van der Waals surface area contributed by atoms with Gasteiger partial charge in [0.05, 0.1) is 18.6 Å². The van der Waals surface area contributed by atoms with Crippen molar-refractivity contribution in [1.82, 2.24) is 19.5 Å². The Balaban J connectivity index is 2.14. The zero-order valence-corrected chi connectivity index (χ0v) is 13.4. The molecule has 3 heterocycles. The van der Waals surface area contributed by atoms with Crippen molar-refractivity contribution in [3.8, 4) is 11.3 Å². The third-order valence-electron chi connectivity index (χ3n) is 3.69. The minimum absolute atomic E-state index is 0.0495. The van der Waals surface area contributed by atoms with Crippen LogP contribution in [0, 0.1) is 11.3 Å². The lowest BCUT2D eigenvalue weighted by atomic mass is 9.97. The lowest BCUT2D eigenvalue weighted by Gasteiger charge is -2.25. The number of aromatic nitrogens is 4. The largest absolute Gasteiger partial charge is 0.391 e. The van der Waals surface area contributed by atoms with Gasteiger partial charge in [0, 0.05) is 5.38 Å². The van der Waals surface area contributed by atoms with Crippen LogP contribution in [0.15, 0.2) is 12.5 Å². The molecular weight excluding hydrogens is 345 g/mol. The molecule has 2 unspecified atom stereocenters. The fraction of sp³-hybridized carbons (Fsp3) is 0.462. The van der Waals surface area contributed by atoms with Crippen molar-refractivity contribution in [2.24, 2.45) is 0 Å². The summed E-state index contributed by atoms with van der Waals surface area (Å²) in [4.78, 5) is 10.5. The Hall–Kier alpha value is -1.63. The fourth-order valence-corrected chi connectivity index (χ4v) is 3.11. The summed E-state index contributed by atoms with van der Waals surface area (Å²) in [7, 11) is 0. The predicted molar refractivity (Wildman–Crippen MR) is 83.5 cm³/mol. The van der Waals surface area contributed by atoms with Crippen LogP contribution in [0.5, 0.6) is 0 Å². The van der Waals surface area contributed by atoms with Gasteiger partial charge in [-0.05, 0) is 18.5 Å². The van der Waals surface area contributed by atoms with E-state index in [1.807, 2.05) is 0 Å². The minimum atomic E-state index is -1.59. The normalized spacial score (nSPS) is 31.8. The minimum Gasteiger partial charge on any atom is -0.391 e. The van der Waals surface area contributed by atoms with Crippen molar-refractivity contribution in [3.63, 3.8) is 0 Å². The van der Waals surface area contributed by atoms with Gasteiger partial charge in [-0.1, -0.05) is 17.5 Å². The Labute approximate surface area is 141 Å². The lowest BCUT2D eigenvalue weighted by molar-refractivity contribution is -0.0752. The number of alkyl halides is 1. The predicted octanol–water partition coefficient (Wildman–Crippen LogP) is 0.225. The van der Waals surface area contributed by atoms with Crippen molar-refractivity contribution in [2.75, 3.05) is 5.73 Å². The summed E-state index contributed by atoms with van der Waals surface area (Å²) in [5.41, 5.74) is 6.44. The van der Waals surface area contributed by atoms with Crippen molar-refractivity contribution in [2.45, 2.75) is 36.3 Å². The van der Waals surface area contributed by atoms with Gasteiger partial charge < -0.3 is 20.7 Å². The Morgan fingerprint density at radius 1 is 1.52 bits per heavy atom. The fourth-order valence-electron chi connectivity index (χ4n) is 2.57. The molecule has 2 aromatic heterocycles. The van der Waals surface area contributed by atoms with E-state index in [4.69, 9.17) is 33.7 Å². The van der Waals surface area contributed by atoms with Crippen LogP contribution in [0.4, 0.5) is 5.95 Å². The zero-order valence-electron chi connectivity index (χ0n) is 11.9. The molecule has 0 aliphatic carbocycles. The van der Waals surface area contributed by atoms with Gasteiger partial charge in [0.1, 0.15) is 17.7 Å². The van der Waals surface area contributed by atoms with Gasteiger partial charge in [-0.25, -0.2) is 9.97 Å². The number of aliphatic hydroxyl groups is 2. The first-order valence-corrected chi connectivity index (χ1v) is 7.42. The first kappa shape index (κ1) is 16.2. The number of anilines is 1. The number of halogens is 2. The van der Waals surface area contributed by atoms with Crippen LogP contribution in [0.2, 0.25) is 0 Å². The van der Waals surface area contributed by atoms with Crippen LogP contribution < -0.4 is 5.73 Å². The molecule has 3 rings (SSSR count). The van der Waals surface area contributed by atoms with Crippen molar-refractivity contribution >= 4 is 40.3 Å². The molecule has 0 saturated carbocycles. The molecule has 0 radical (unpaired) electrons. The van der Waals surface area contributed by atoms with E-state index in [0.29, 0.717) is 11.2 Å². The molecule has 122 valence electrons. The topological polar surface area (TPSA) is 119 Å². The van der Waals surface area contributed by atoms with Gasteiger partial charge in [-0.3, -0.25) is 4.57 Å². The average Bonchev–Trinajstić information content (AvgIpc) is 3.00. The maximum atomic E-state index is 10.4. The van der Waals surface area contributed by atoms with Gasteiger partial charge >= 0.3 is 0 Å². The van der Waals surface area contributed by atoms with E-state index in [0.717, 1.165) is 0 Å². The molecule has 23 heavy (non-hydrogen) atoms. The van der Waals surface area contributed by atoms with E-state index >= 15 is 0 Å². The van der Waals surface area contributed by atoms with Crippen LogP contribution in [-0.2, 0) is 4.74 Å². The Bertz CT molecular complexity index is 802. The van der Waals surface area contributed by atoms with Crippen molar-refractivity contribution in [3.05, 3.63) is 12.5 Å². The molecule has 2 aromatic rings. The number of fused-ring (bicyclic) bond motifs is 1. The number of nitrogen functional groups attached to an aromatic ring is 1. The summed E-state index contributed by atoms with van der Waals surface area (Å²) < 4.78 is 7.20. The van der Waals surface area contributed by atoms with Gasteiger partial charge in [0.2, 0.25) is 5.95 Å². The molecule has 0 aromatic carbocycles. The van der Waals surface area contributed by atoms with E-state index in [2.05, 4.69) is 26.3 Å². The van der Waals surface area contributed by atoms with Crippen molar-refractivity contribution < 1.29 is 14.9 Å². The highest BCUT2D eigenvalue weighted by atomic mass is 35.5. The number of ether oxygens (including phenoxy) is 1. The summed E-state index contributed by atoms with van der Waals surface area (Å²) in [5, 5.41) is 22.4. The molecule has 5 atom stereocenters. The van der Waals surface area contributed by atoms with E-state index in [9.17, 15) is 10.2 Å². The van der Waals surface area contributed by atoms with Crippen LogP contribution in [-0.4, -0.2) is 52.9 Å². The van der Waals surface area contributed by atoms with Crippen LogP contribution >= 0.6 is 23.2 Å². The zero-order chi connectivity index (χ0) is 16.8. The second kappa shape index (κ2) is 5.78. The second-order valence-electron chi connectivity index (χ2n) is 5.21.